The van der Waals surface area contributed by atoms with Gasteiger partial charge in [0.2, 0.25) is 5.82 Å². The second kappa shape index (κ2) is 4.73. The lowest BCUT2D eigenvalue weighted by atomic mass is 10.3. The first-order valence-corrected chi connectivity index (χ1v) is 5.46. The molecule has 7 heteroatoms. The number of carbonyl (C=O) groups excluding carboxylic acids is 1. The maximum Gasteiger partial charge on any atom is 0.295 e. The Kier molecular flexibility index (Phi) is 3.31. The molecule has 0 fully saturated rings. The number of anilines is 1. The third kappa shape index (κ3) is 2.95. The van der Waals surface area contributed by atoms with E-state index in [1.165, 1.54) is 0 Å². The quantitative estimate of drug-likeness (QED) is 0.882. The molecule has 5 nitrogen and oxygen atoms in total. The summed E-state index contributed by atoms with van der Waals surface area (Å²) < 4.78 is 0. The van der Waals surface area contributed by atoms with E-state index >= 15 is 0 Å². The first-order chi connectivity index (χ1) is 8.04. The van der Waals surface area contributed by atoms with Gasteiger partial charge in [0.25, 0.3) is 5.91 Å². The van der Waals surface area contributed by atoms with E-state index in [-0.39, 0.29) is 5.82 Å². The van der Waals surface area contributed by atoms with Crippen LogP contribution in [0.25, 0.3) is 0 Å². The predicted octanol–water partition coefficient (Wildman–Crippen LogP) is 2.67. The molecular weight excluding hydrogens is 263 g/mol. The lowest BCUT2D eigenvalue weighted by Crippen LogP contribution is -2.13. The number of halogens is 2. The molecule has 1 aromatic carbocycles. The normalized spacial score (nSPS) is 10.3. The fourth-order valence-corrected chi connectivity index (χ4v) is 1.78. The molecule has 0 aliphatic heterocycles. The summed E-state index contributed by atoms with van der Waals surface area (Å²) in [5.41, 5.74) is 0.495. The molecule has 2 N–H and O–H groups in total. The first-order valence-electron chi connectivity index (χ1n) is 4.71. The molecule has 0 saturated heterocycles. The van der Waals surface area contributed by atoms with E-state index in [0.29, 0.717) is 21.6 Å². The van der Waals surface area contributed by atoms with Gasteiger partial charge >= 0.3 is 0 Å². The van der Waals surface area contributed by atoms with Crippen molar-refractivity contribution in [1.82, 2.24) is 15.2 Å². The van der Waals surface area contributed by atoms with Crippen molar-refractivity contribution in [3.05, 3.63) is 39.9 Å². The molecular formula is C10H8Cl2N4O. The molecule has 0 saturated carbocycles. The van der Waals surface area contributed by atoms with E-state index in [0.717, 1.165) is 0 Å². The van der Waals surface area contributed by atoms with Crippen LogP contribution < -0.4 is 5.32 Å². The molecule has 2 rings (SSSR count). The third-order valence-corrected chi connectivity index (χ3v) is 2.36. The number of benzene rings is 1. The van der Waals surface area contributed by atoms with E-state index in [1.807, 2.05) is 0 Å². The van der Waals surface area contributed by atoms with Gasteiger partial charge in [0.05, 0.1) is 0 Å². The Morgan fingerprint density at radius 2 is 1.94 bits per heavy atom. The van der Waals surface area contributed by atoms with Gasteiger partial charge in [-0.1, -0.05) is 23.2 Å². The summed E-state index contributed by atoms with van der Waals surface area (Å²) in [6.45, 7) is 1.71. The Morgan fingerprint density at radius 3 is 2.47 bits per heavy atom. The molecule has 0 spiro atoms. The fourth-order valence-electron chi connectivity index (χ4n) is 1.26. The zero-order valence-electron chi connectivity index (χ0n) is 8.79. The van der Waals surface area contributed by atoms with Gasteiger partial charge in [0.1, 0.15) is 5.82 Å². The number of aromatic amines is 1. The van der Waals surface area contributed by atoms with Gasteiger partial charge in [-0.3, -0.25) is 9.89 Å². The van der Waals surface area contributed by atoms with Crippen molar-refractivity contribution in [3.63, 3.8) is 0 Å². The van der Waals surface area contributed by atoms with Crippen LogP contribution in [0.2, 0.25) is 10.0 Å². The molecule has 0 unspecified atom stereocenters. The molecule has 0 atom stereocenters. The highest BCUT2D eigenvalue weighted by Gasteiger charge is 2.11. The molecule has 0 radical (unpaired) electrons. The Labute approximate surface area is 107 Å². The average molecular weight is 271 g/mol. The first kappa shape index (κ1) is 11.9. The molecule has 1 heterocycles. The lowest BCUT2D eigenvalue weighted by molar-refractivity contribution is 0.101. The van der Waals surface area contributed by atoms with Crippen LogP contribution in [0.4, 0.5) is 5.69 Å². The van der Waals surface area contributed by atoms with Crippen LogP contribution >= 0.6 is 23.2 Å². The zero-order valence-corrected chi connectivity index (χ0v) is 10.3. The summed E-state index contributed by atoms with van der Waals surface area (Å²) in [5.74, 6) is 0.213. The molecule has 1 amide bonds. The van der Waals surface area contributed by atoms with Crippen molar-refractivity contribution < 1.29 is 4.79 Å². The number of aryl methyl sites for hydroxylation is 1. The Morgan fingerprint density at radius 1 is 1.29 bits per heavy atom. The smallest absolute Gasteiger partial charge is 0.295 e. The average Bonchev–Trinajstić information content (AvgIpc) is 2.63. The van der Waals surface area contributed by atoms with Crippen LogP contribution in [0.3, 0.4) is 0 Å². The minimum Gasteiger partial charge on any atom is -0.319 e. The van der Waals surface area contributed by atoms with Crippen LogP contribution in [-0.2, 0) is 0 Å². The number of rotatable bonds is 2. The summed E-state index contributed by atoms with van der Waals surface area (Å²) in [5, 5.41) is 9.81. The standard InChI is InChI=1S/C10H8Cl2N4O/c1-5-13-9(16-15-5)10(17)14-8-3-6(11)2-7(12)4-8/h2-4H,1H3,(H,14,17)(H,13,15,16). The van der Waals surface area contributed by atoms with E-state index < -0.39 is 5.91 Å². The van der Waals surface area contributed by atoms with E-state index in [1.54, 1.807) is 25.1 Å². The molecule has 1 aromatic heterocycles. The Bertz CT molecular complexity index is 547. The van der Waals surface area contributed by atoms with E-state index in [4.69, 9.17) is 23.2 Å². The minimum atomic E-state index is -0.423. The van der Waals surface area contributed by atoms with Gasteiger partial charge in [-0.15, -0.1) is 5.10 Å². The van der Waals surface area contributed by atoms with E-state index in [9.17, 15) is 4.79 Å². The Balaban J connectivity index is 2.18. The van der Waals surface area contributed by atoms with Crippen molar-refractivity contribution >= 4 is 34.8 Å². The van der Waals surface area contributed by atoms with Gasteiger partial charge in [-0.2, -0.15) is 0 Å². The van der Waals surface area contributed by atoms with Gasteiger partial charge in [0.15, 0.2) is 0 Å². The number of hydrogen-bond donors (Lipinski definition) is 2. The Hall–Kier alpha value is -1.59. The molecule has 17 heavy (non-hydrogen) atoms. The number of nitrogens with zero attached hydrogens (tertiary/aromatic N) is 2. The number of hydrogen-bond acceptors (Lipinski definition) is 3. The maximum absolute atomic E-state index is 11.7. The van der Waals surface area contributed by atoms with Crippen LogP contribution in [0.1, 0.15) is 16.4 Å². The molecule has 2 aromatic rings. The summed E-state index contributed by atoms with van der Waals surface area (Å²) in [6, 6.07) is 4.76. The van der Waals surface area contributed by atoms with Gasteiger partial charge in [0, 0.05) is 15.7 Å². The number of aromatic nitrogens is 3. The van der Waals surface area contributed by atoms with Gasteiger partial charge in [-0.25, -0.2) is 4.98 Å². The summed E-state index contributed by atoms with van der Waals surface area (Å²) in [4.78, 5) is 15.6. The summed E-state index contributed by atoms with van der Waals surface area (Å²) >= 11 is 11.6. The second-order valence-electron chi connectivity index (χ2n) is 3.36. The predicted molar refractivity (Wildman–Crippen MR) is 65.5 cm³/mol. The topological polar surface area (TPSA) is 70.7 Å². The van der Waals surface area contributed by atoms with Gasteiger partial charge in [-0.05, 0) is 25.1 Å². The largest absolute Gasteiger partial charge is 0.319 e. The number of carbonyl (C=O) groups is 1. The minimum absolute atomic E-state index is 0.0681. The van der Waals surface area contributed by atoms with Crippen LogP contribution in [0.5, 0.6) is 0 Å². The molecule has 0 aliphatic rings. The third-order valence-electron chi connectivity index (χ3n) is 1.92. The van der Waals surface area contributed by atoms with Crippen LogP contribution in [0.15, 0.2) is 18.2 Å². The summed E-state index contributed by atoms with van der Waals surface area (Å²) in [6.07, 6.45) is 0. The number of H-pyrrole nitrogens is 1. The van der Waals surface area contributed by atoms with Crippen molar-refractivity contribution in [2.24, 2.45) is 0 Å². The maximum atomic E-state index is 11.7. The fraction of sp³-hybridized carbons (Fsp3) is 0.100. The van der Waals surface area contributed by atoms with E-state index in [2.05, 4.69) is 20.5 Å². The van der Waals surface area contributed by atoms with Crippen molar-refractivity contribution in [2.45, 2.75) is 6.92 Å². The highest BCUT2D eigenvalue weighted by atomic mass is 35.5. The van der Waals surface area contributed by atoms with Crippen LogP contribution in [-0.4, -0.2) is 21.1 Å². The van der Waals surface area contributed by atoms with Crippen molar-refractivity contribution in [3.8, 4) is 0 Å². The SMILES string of the molecule is Cc1nc(C(=O)Nc2cc(Cl)cc(Cl)c2)n[nH]1. The molecule has 0 aliphatic carbocycles. The van der Waals surface area contributed by atoms with Gasteiger partial charge < -0.3 is 5.32 Å². The second-order valence-corrected chi connectivity index (χ2v) is 4.23. The van der Waals surface area contributed by atoms with Crippen LogP contribution in [0, 0.1) is 6.92 Å². The van der Waals surface area contributed by atoms with Crippen molar-refractivity contribution in [2.75, 3.05) is 5.32 Å². The number of nitrogens with one attached hydrogen (secondary N) is 2. The highest BCUT2D eigenvalue weighted by molar-refractivity contribution is 6.35. The molecule has 88 valence electrons. The summed E-state index contributed by atoms with van der Waals surface area (Å²) in [7, 11) is 0. The number of amides is 1. The van der Waals surface area contributed by atoms with Crippen molar-refractivity contribution in [1.29, 1.82) is 0 Å². The molecule has 0 bridgehead atoms. The zero-order chi connectivity index (χ0) is 12.4. The lowest BCUT2D eigenvalue weighted by Gasteiger charge is -2.03. The monoisotopic (exact) mass is 270 g/mol. The highest BCUT2D eigenvalue weighted by Crippen LogP contribution is 2.22.